The van der Waals surface area contributed by atoms with E-state index in [0.717, 1.165) is 5.56 Å². The number of benzene rings is 2. The first-order chi connectivity index (χ1) is 12.5. The van der Waals surface area contributed by atoms with Gasteiger partial charge in [-0.3, -0.25) is 4.79 Å². The Hall–Kier alpha value is -3.22. The van der Waals surface area contributed by atoms with E-state index in [4.69, 9.17) is 18.9 Å². The maximum absolute atomic E-state index is 12.1. The Labute approximate surface area is 151 Å². The van der Waals surface area contributed by atoms with Gasteiger partial charge >= 0.3 is 5.97 Å². The number of ether oxygens (including phenoxy) is 4. The van der Waals surface area contributed by atoms with Crippen molar-refractivity contribution >= 4 is 17.6 Å². The molecule has 0 unspecified atom stereocenters. The van der Waals surface area contributed by atoms with E-state index in [1.54, 1.807) is 36.4 Å². The summed E-state index contributed by atoms with van der Waals surface area (Å²) >= 11 is 0. The molecule has 26 heavy (non-hydrogen) atoms. The smallest absolute Gasteiger partial charge is 0.338 e. The summed E-state index contributed by atoms with van der Waals surface area (Å²) in [5.74, 6) is 0.514. The Bertz CT molecular complexity index is 803. The molecule has 1 amide bonds. The van der Waals surface area contributed by atoms with Crippen molar-refractivity contribution in [2.24, 2.45) is 0 Å². The maximum Gasteiger partial charge on any atom is 0.338 e. The van der Waals surface area contributed by atoms with Gasteiger partial charge in [-0.15, -0.1) is 0 Å². The van der Waals surface area contributed by atoms with Crippen LogP contribution in [0.5, 0.6) is 17.2 Å². The fourth-order valence-corrected chi connectivity index (χ4v) is 2.25. The van der Waals surface area contributed by atoms with E-state index in [2.05, 4.69) is 5.32 Å². The fraction of sp³-hybridized carbons (Fsp3) is 0.263. The van der Waals surface area contributed by atoms with Gasteiger partial charge in [0.2, 0.25) is 0 Å². The topological polar surface area (TPSA) is 83.1 Å². The second-order valence-corrected chi connectivity index (χ2v) is 5.37. The zero-order chi connectivity index (χ0) is 19.1. The molecule has 138 valence electrons. The summed E-state index contributed by atoms with van der Waals surface area (Å²) in [4.78, 5) is 24.1. The van der Waals surface area contributed by atoms with Crippen LogP contribution >= 0.6 is 0 Å². The molecule has 1 N–H and O–H groups in total. The molecule has 0 saturated carbocycles. The zero-order valence-corrected chi connectivity index (χ0v) is 15.1. The number of nitrogens with one attached hydrogen (secondary N) is 1. The molecule has 2 rings (SSSR count). The molecule has 0 aliphatic rings. The van der Waals surface area contributed by atoms with Gasteiger partial charge in [-0.1, -0.05) is 6.07 Å². The highest BCUT2D eigenvalue weighted by Gasteiger charge is 2.14. The van der Waals surface area contributed by atoms with Gasteiger partial charge < -0.3 is 24.3 Å². The molecule has 7 nitrogen and oxygen atoms in total. The molecule has 0 aliphatic carbocycles. The van der Waals surface area contributed by atoms with E-state index in [9.17, 15) is 9.59 Å². The first kappa shape index (κ1) is 19.1. The Morgan fingerprint density at radius 3 is 2.31 bits per heavy atom. The predicted molar refractivity (Wildman–Crippen MR) is 96.2 cm³/mol. The van der Waals surface area contributed by atoms with Crippen LogP contribution in [-0.2, 0) is 9.53 Å². The Kier molecular flexibility index (Phi) is 6.43. The zero-order valence-electron chi connectivity index (χ0n) is 15.1. The van der Waals surface area contributed by atoms with Crippen molar-refractivity contribution in [2.75, 3.05) is 33.3 Å². The van der Waals surface area contributed by atoms with Crippen molar-refractivity contribution in [3.63, 3.8) is 0 Å². The van der Waals surface area contributed by atoms with Gasteiger partial charge in [-0.2, -0.15) is 0 Å². The van der Waals surface area contributed by atoms with Crippen LogP contribution in [0.15, 0.2) is 36.4 Å². The summed E-state index contributed by atoms with van der Waals surface area (Å²) in [5.41, 5.74) is 1.65. The molecule has 0 aromatic heterocycles. The molecule has 0 fully saturated rings. The van der Waals surface area contributed by atoms with Crippen molar-refractivity contribution < 1.29 is 28.5 Å². The van der Waals surface area contributed by atoms with Gasteiger partial charge in [0.1, 0.15) is 17.2 Å². The molecular formula is C19H21NO6. The largest absolute Gasteiger partial charge is 0.497 e. The SMILES string of the molecule is COc1ccc(NC(=O)COC(=O)c2ccc(C)c(OC)c2)c(OC)c1. The number of rotatable bonds is 7. The van der Waals surface area contributed by atoms with Gasteiger partial charge in [-0.25, -0.2) is 4.79 Å². The number of esters is 1. The van der Waals surface area contributed by atoms with Crippen LogP contribution < -0.4 is 19.5 Å². The first-order valence-electron chi connectivity index (χ1n) is 7.82. The molecule has 2 aromatic rings. The minimum absolute atomic E-state index is 0.308. The van der Waals surface area contributed by atoms with Crippen molar-refractivity contribution in [1.82, 2.24) is 0 Å². The number of carbonyl (C=O) groups is 2. The molecule has 7 heteroatoms. The minimum atomic E-state index is -0.611. The lowest BCUT2D eigenvalue weighted by atomic mass is 10.1. The van der Waals surface area contributed by atoms with Gasteiger partial charge in [0.05, 0.1) is 32.6 Å². The molecular weight excluding hydrogens is 338 g/mol. The first-order valence-corrected chi connectivity index (χ1v) is 7.82. The summed E-state index contributed by atoms with van der Waals surface area (Å²) in [7, 11) is 4.54. The summed E-state index contributed by atoms with van der Waals surface area (Å²) in [6, 6.07) is 9.90. The number of amides is 1. The fourth-order valence-electron chi connectivity index (χ4n) is 2.25. The number of methoxy groups -OCH3 is 3. The van der Waals surface area contributed by atoms with Crippen LogP contribution in [0.3, 0.4) is 0 Å². The second kappa shape index (κ2) is 8.75. The monoisotopic (exact) mass is 359 g/mol. The summed E-state index contributed by atoms with van der Waals surface area (Å²) in [6.45, 7) is 1.44. The van der Waals surface area contributed by atoms with Crippen LogP contribution in [0.2, 0.25) is 0 Å². The molecule has 0 aliphatic heterocycles. The molecule has 2 aromatic carbocycles. The third-order valence-electron chi connectivity index (χ3n) is 3.66. The van der Waals surface area contributed by atoms with E-state index >= 15 is 0 Å². The van der Waals surface area contributed by atoms with Gasteiger partial charge in [0.15, 0.2) is 6.61 Å². The number of aryl methyl sites for hydroxylation is 1. The van der Waals surface area contributed by atoms with Gasteiger partial charge in [-0.05, 0) is 36.8 Å². The molecule has 0 bridgehead atoms. The standard InChI is InChI=1S/C19H21NO6/c1-12-5-6-13(9-16(12)24-3)19(22)26-11-18(21)20-15-8-7-14(23-2)10-17(15)25-4/h5-10H,11H2,1-4H3,(H,20,21). The molecule has 0 saturated heterocycles. The minimum Gasteiger partial charge on any atom is -0.497 e. The number of hydrogen-bond acceptors (Lipinski definition) is 6. The third kappa shape index (κ3) is 4.66. The van der Waals surface area contributed by atoms with Crippen molar-refractivity contribution in [3.8, 4) is 17.2 Å². The third-order valence-corrected chi connectivity index (χ3v) is 3.66. The van der Waals surface area contributed by atoms with Crippen LogP contribution in [0.4, 0.5) is 5.69 Å². The average Bonchev–Trinajstić information content (AvgIpc) is 2.66. The molecule has 0 atom stereocenters. The van der Waals surface area contributed by atoms with E-state index in [1.807, 2.05) is 6.92 Å². The van der Waals surface area contributed by atoms with E-state index in [-0.39, 0.29) is 0 Å². The van der Waals surface area contributed by atoms with E-state index in [0.29, 0.717) is 28.5 Å². The lowest BCUT2D eigenvalue weighted by molar-refractivity contribution is -0.119. The predicted octanol–water partition coefficient (Wildman–Crippen LogP) is 2.82. The maximum atomic E-state index is 12.1. The number of anilines is 1. The van der Waals surface area contributed by atoms with Crippen molar-refractivity contribution in [3.05, 3.63) is 47.5 Å². The van der Waals surface area contributed by atoms with Gasteiger partial charge in [0, 0.05) is 6.07 Å². The summed E-state index contributed by atoms with van der Waals surface area (Å²) in [6.07, 6.45) is 0. The summed E-state index contributed by atoms with van der Waals surface area (Å²) in [5, 5.41) is 2.63. The lowest BCUT2D eigenvalue weighted by Crippen LogP contribution is -2.21. The Morgan fingerprint density at radius 2 is 1.65 bits per heavy atom. The quantitative estimate of drug-likeness (QED) is 0.766. The van der Waals surface area contributed by atoms with Crippen LogP contribution in [0.25, 0.3) is 0 Å². The van der Waals surface area contributed by atoms with Crippen LogP contribution in [0, 0.1) is 6.92 Å². The highest BCUT2D eigenvalue weighted by Crippen LogP contribution is 2.29. The lowest BCUT2D eigenvalue weighted by Gasteiger charge is -2.12. The van der Waals surface area contributed by atoms with Gasteiger partial charge in [0.25, 0.3) is 5.91 Å². The molecule has 0 radical (unpaired) electrons. The highest BCUT2D eigenvalue weighted by atomic mass is 16.5. The molecule has 0 heterocycles. The van der Waals surface area contributed by atoms with Crippen molar-refractivity contribution in [2.45, 2.75) is 6.92 Å². The van der Waals surface area contributed by atoms with Crippen LogP contribution in [-0.4, -0.2) is 39.8 Å². The number of carbonyl (C=O) groups excluding carboxylic acids is 2. The summed E-state index contributed by atoms with van der Waals surface area (Å²) < 4.78 is 20.5. The highest BCUT2D eigenvalue weighted by molar-refractivity contribution is 5.96. The Morgan fingerprint density at radius 1 is 0.923 bits per heavy atom. The Balaban J connectivity index is 1.97. The van der Waals surface area contributed by atoms with E-state index in [1.165, 1.54) is 21.3 Å². The number of hydrogen-bond donors (Lipinski definition) is 1. The second-order valence-electron chi connectivity index (χ2n) is 5.37. The normalized spacial score (nSPS) is 10.0. The van der Waals surface area contributed by atoms with Crippen LogP contribution in [0.1, 0.15) is 15.9 Å². The average molecular weight is 359 g/mol. The molecule has 0 spiro atoms. The van der Waals surface area contributed by atoms with E-state index < -0.39 is 18.5 Å². The van der Waals surface area contributed by atoms with Crippen molar-refractivity contribution in [1.29, 1.82) is 0 Å².